The minimum absolute atomic E-state index is 0.215. The summed E-state index contributed by atoms with van der Waals surface area (Å²) >= 11 is 0. The van der Waals surface area contributed by atoms with E-state index in [2.05, 4.69) is 0 Å². The first-order valence-electron chi connectivity index (χ1n) is 1.15. The average Bonchev–Trinajstić information content (AvgIpc) is 1.35. The number of rotatable bonds is 1. The summed E-state index contributed by atoms with van der Waals surface area (Å²) in [5.74, 6) is 0.215. The van der Waals surface area contributed by atoms with Crippen molar-refractivity contribution in [3.05, 3.63) is 0 Å². The topological polar surface area (TPSA) is 84.5 Å². The van der Waals surface area contributed by atoms with Crippen LogP contribution in [0.3, 0.4) is 0 Å². The van der Waals surface area contributed by atoms with Crippen LogP contribution in [0.25, 0.3) is 0 Å². The van der Waals surface area contributed by atoms with Crippen molar-refractivity contribution in [2.24, 2.45) is 0 Å². The maximum atomic E-state index is 7.81. The third kappa shape index (κ3) is 3.98. The van der Waals surface area contributed by atoms with Crippen LogP contribution in [-0.2, 0) is 0 Å². The molecule has 5 heteroatoms. The minimum atomic E-state index is -3.85. The van der Waals surface area contributed by atoms with Gasteiger partial charge in [-0.2, -0.15) is 14.7 Å². The summed E-state index contributed by atoms with van der Waals surface area (Å²) in [6, 6.07) is 0. The second-order valence-corrected chi connectivity index (χ2v) is 2.23. The summed E-state index contributed by atoms with van der Waals surface area (Å²) in [7, 11) is -3.85. The Morgan fingerprint density at radius 3 is 1.50 bits per heavy atom. The third-order valence-electron chi connectivity index (χ3n) is 0.173. The lowest BCUT2D eigenvalue weighted by atomic mass is 11.7. The lowest BCUT2D eigenvalue weighted by molar-refractivity contribution is 0.352. The Kier molecular flexibility index (Phi) is 1.61. The predicted octanol–water partition coefficient (Wildman–Crippen LogP) is -0.667. The van der Waals surface area contributed by atoms with Crippen molar-refractivity contribution < 1.29 is 14.7 Å². The predicted molar refractivity (Wildman–Crippen MR) is 22.4 cm³/mol. The molecule has 0 fully saturated rings. The standard InChI is InChI=1S/CH5NO3P/c2-1-6(3,4)5/h1-5H/q+1. The molecule has 0 aromatic heterocycles. The van der Waals surface area contributed by atoms with Crippen LogP contribution < -0.4 is 0 Å². The van der Waals surface area contributed by atoms with Gasteiger partial charge in [-0.3, -0.25) is 5.41 Å². The van der Waals surface area contributed by atoms with Gasteiger partial charge in [0.05, 0.1) is 0 Å². The van der Waals surface area contributed by atoms with Crippen LogP contribution >= 0.6 is 7.94 Å². The zero-order chi connectivity index (χ0) is 5.21. The average molecular weight is 110 g/mol. The van der Waals surface area contributed by atoms with Crippen LogP contribution in [0.1, 0.15) is 0 Å². The quantitative estimate of drug-likeness (QED) is 0.267. The van der Waals surface area contributed by atoms with Crippen molar-refractivity contribution in [1.82, 2.24) is 0 Å². The summed E-state index contributed by atoms with van der Waals surface area (Å²) in [5.41, 5.74) is 0. The molecule has 0 bridgehead atoms. The highest BCUT2D eigenvalue weighted by atomic mass is 31.2. The van der Waals surface area contributed by atoms with Gasteiger partial charge >= 0.3 is 7.94 Å². The molecule has 0 unspecified atom stereocenters. The van der Waals surface area contributed by atoms with Gasteiger partial charge in [0.15, 0.2) is 0 Å². The summed E-state index contributed by atoms with van der Waals surface area (Å²) < 4.78 is 0. The van der Waals surface area contributed by atoms with Gasteiger partial charge in [0, 0.05) is 0 Å². The molecule has 0 aliphatic carbocycles. The second-order valence-electron chi connectivity index (χ2n) is 0.744. The molecule has 0 aromatic carbocycles. The molecule has 4 N–H and O–H groups in total. The molecule has 0 saturated heterocycles. The van der Waals surface area contributed by atoms with Gasteiger partial charge in [0.1, 0.15) is 0 Å². The van der Waals surface area contributed by atoms with Gasteiger partial charge in [-0.1, -0.05) is 0 Å². The van der Waals surface area contributed by atoms with Crippen LogP contribution in [0.4, 0.5) is 0 Å². The molecule has 0 radical (unpaired) electrons. The molecular weight excluding hydrogens is 105 g/mol. The Morgan fingerprint density at radius 2 is 1.50 bits per heavy atom. The molecule has 0 aromatic rings. The number of hydrogen-bond donors (Lipinski definition) is 4. The smallest absolute Gasteiger partial charge is 0.268 e. The van der Waals surface area contributed by atoms with Crippen LogP contribution in [0.5, 0.6) is 0 Å². The molecule has 6 heavy (non-hydrogen) atoms. The van der Waals surface area contributed by atoms with Crippen LogP contribution in [0.2, 0.25) is 0 Å². The van der Waals surface area contributed by atoms with Crippen molar-refractivity contribution in [1.29, 1.82) is 5.41 Å². The lowest BCUT2D eigenvalue weighted by Gasteiger charge is -1.88. The highest BCUT2D eigenvalue weighted by Gasteiger charge is 2.24. The maximum Gasteiger partial charge on any atom is 0.452 e. The number of nitrogens with one attached hydrogen (secondary N) is 1. The van der Waals surface area contributed by atoms with Gasteiger partial charge in [-0.15, -0.1) is 0 Å². The lowest BCUT2D eigenvalue weighted by Crippen LogP contribution is -1.84. The summed E-state index contributed by atoms with van der Waals surface area (Å²) in [5, 5.41) is 6.03. The highest BCUT2D eigenvalue weighted by molar-refractivity contribution is 7.73. The molecule has 0 saturated carbocycles. The molecule has 0 spiro atoms. The fourth-order valence-electron chi connectivity index (χ4n) is 0. The first kappa shape index (κ1) is 5.98. The molecule has 0 atom stereocenters. The molecule has 0 amide bonds. The van der Waals surface area contributed by atoms with Gasteiger partial charge in [0.2, 0.25) is 5.96 Å². The number of hydrogen-bond acceptors (Lipinski definition) is 4. The summed E-state index contributed by atoms with van der Waals surface area (Å²) in [6.45, 7) is 0. The van der Waals surface area contributed by atoms with Gasteiger partial charge < -0.3 is 0 Å². The summed E-state index contributed by atoms with van der Waals surface area (Å²) in [4.78, 5) is 23.4. The Bertz CT molecular complexity index is 56.3. The second kappa shape index (κ2) is 1.62. The van der Waals surface area contributed by atoms with E-state index in [1.807, 2.05) is 0 Å². The highest BCUT2D eigenvalue weighted by Crippen LogP contribution is 2.39. The van der Waals surface area contributed by atoms with Gasteiger partial charge in [0.25, 0.3) is 0 Å². The van der Waals surface area contributed by atoms with E-state index in [9.17, 15) is 0 Å². The zero-order valence-electron chi connectivity index (χ0n) is 2.87. The van der Waals surface area contributed by atoms with Crippen LogP contribution in [0, 0.1) is 5.41 Å². The zero-order valence-corrected chi connectivity index (χ0v) is 3.76. The SMILES string of the molecule is N=C[P+](O)(O)O. The normalized spacial score (nSPS) is 11.2. The Morgan fingerprint density at radius 1 is 1.33 bits per heavy atom. The first-order chi connectivity index (χ1) is 2.56. The Balaban J connectivity index is 3.45. The molecule has 0 aliphatic heterocycles. The van der Waals surface area contributed by atoms with Crippen LogP contribution in [-0.4, -0.2) is 20.6 Å². The maximum absolute atomic E-state index is 7.81. The van der Waals surface area contributed by atoms with Crippen molar-refractivity contribution in [2.75, 3.05) is 0 Å². The third-order valence-corrected chi connectivity index (χ3v) is 0.520. The molecule has 36 valence electrons. The van der Waals surface area contributed by atoms with Crippen molar-refractivity contribution in [2.45, 2.75) is 0 Å². The van der Waals surface area contributed by atoms with Crippen molar-refractivity contribution in [3.8, 4) is 0 Å². The first-order valence-corrected chi connectivity index (χ1v) is 2.86. The van der Waals surface area contributed by atoms with E-state index < -0.39 is 7.94 Å². The van der Waals surface area contributed by atoms with Crippen LogP contribution in [0.15, 0.2) is 0 Å². The Labute approximate surface area is 35.2 Å². The molecule has 4 nitrogen and oxygen atoms in total. The van der Waals surface area contributed by atoms with E-state index in [4.69, 9.17) is 20.1 Å². The minimum Gasteiger partial charge on any atom is -0.268 e. The Hall–Kier alpha value is -0.0200. The van der Waals surface area contributed by atoms with E-state index in [1.165, 1.54) is 0 Å². The van der Waals surface area contributed by atoms with Crippen molar-refractivity contribution >= 4 is 13.9 Å². The molecule has 0 aliphatic rings. The monoisotopic (exact) mass is 110 g/mol. The van der Waals surface area contributed by atoms with Crippen molar-refractivity contribution in [3.63, 3.8) is 0 Å². The molecule has 0 heterocycles. The fraction of sp³-hybridized carbons (Fsp3) is 0. The summed E-state index contributed by atoms with van der Waals surface area (Å²) in [6.07, 6.45) is 0. The van der Waals surface area contributed by atoms with E-state index in [0.29, 0.717) is 0 Å². The largest absolute Gasteiger partial charge is 0.452 e. The van der Waals surface area contributed by atoms with E-state index in [1.54, 1.807) is 0 Å². The van der Waals surface area contributed by atoms with E-state index >= 15 is 0 Å². The van der Waals surface area contributed by atoms with E-state index in [-0.39, 0.29) is 5.96 Å². The van der Waals surface area contributed by atoms with Gasteiger partial charge in [-0.05, 0) is 0 Å². The molecule has 0 rings (SSSR count). The fourth-order valence-corrected chi connectivity index (χ4v) is 0. The molecular formula is CH5NO3P+. The van der Waals surface area contributed by atoms with E-state index in [0.717, 1.165) is 0 Å². The van der Waals surface area contributed by atoms with Gasteiger partial charge in [-0.25, -0.2) is 0 Å².